The maximum atomic E-state index is 3.81. The van der Waals surface area contributed by atoms with Crippen molar-refractivity contribution in [2.24, 2.45) is 0 Å². The Labute approximate surface area is 121 Å². The molecule has 1 atom stereocenters. The molecule has 1 saturated carbocycles. The number of hydrogen-bond acceptors (Lipinski definition) is 1. The fourth-order valence-corrected chi connectivity index (χ4v) is 3.52. The summed E-state index contributed by atoms with van der Waals surface area (Å²) in [7, 11) is 0. The van der Waals surface area contributed by atoms with E-state index in [0.29, 0.717) is 12.0 Å². The van der Waals surface area contributed by atoms with Crippen molar-refractivity contribution in [2.75, 3.05) is 0 Å². The fraction of sp³-hybridized carbons (Fsp3) is 0.556. The Morgan fingerprint density at radius 1 is 1.15 bits per heavy atom. The zero-order chi connectivity index (χ0) is 13.7. The average Bonchev–Trinajstić information content (AvgIpc) is 3.17. The second kappa shape index (κ2) is 4.63. The maximum Gasteiger partial charge on any atom is 0.0459 e. The predicted molar refractivity (Wildman–Crippen MR) is 84.4 cm³/mol. The van der Waals surface area contributed by atoms with Gasteiger partial charge in [0, 0.05) is 28.7 Å². The second-order valence-corrected chi connectivity index (χ2v) is 6.92. The molecule has 1 aromatic heterocycles. The van der Waals surface area contributed by atoms with Gasteiger partial charge in [0.1, 0.15) is 0 Å². The summed E-state index contributed by atoms with van der Waals surface area (Å²) in [5.74, 6) is 0.605. The van der Waals surface area contributed by atoms with Gasteiger partial charge in [-0.05, 0) is 61.3 Å². The Bertz CT molecular complexity index is 634. The van der Waals surface area contributed by atoms with Crippen molar-refractivity contribution in [3.63, 3.8) is 0 Å². The number of H-pyrrole nitrogens is 1. The van der Waals surface area contributed by atoms with Crippen molar-refractivity contribution < 1.29 is 0 Å². The van der Waals surface area contributed by atoms with Gasteiger partial charge < -0.3 is 10.3 Å². The van der Waals surface area contributed by atoms with E-state index in [2.05, 4.69) is 42.3 Å². The molecule has 106 valence electrons. The summed E-state index contributed by atoms with van der Waals surface area (Å²) < 4.78 is 0. The number of aromatic nitrogens is 1. The van der Waals surface area contributed by atoms with Gasteiger partial charge in [-0.15, -0.1) is 0 Å². The predicted octanol–water partition coefficient (Wildman–Crippen LogP) is 3.90. The van der Waals surface area contributed by atoms with Crippen molar-refractivity contribution >= 4 is 10.9 Å². The Kier molecular flexibility index (Phi) is 2.88. The topological polar surface area (TPSA) is 27.8 Å². The molecule has 1 fully saturated rings. The van der Waals surface area contributed by atoms with Gasteiger partial charge in [-0.2, -0.15) is 0 Å². The van der Waals surface area contributed by atoms with E-state index in [1.165, 1.54) is 54.3 Å². The summed E-state index contributed by atoms with van der Waals surface area (Å²) in [5, 5.41) is 5.28. The van der Waals surface area contributed by atoms with E-state index < -0.39 is 0 Å². The quantitative estimate of drug-likeness (QED) is 0.868. The lowest BCUT2D eigenvalue weighted by Crippen LogP contribution is -2.35. The first-order valence-electron chi connectivity index (χ1n) is 8.10. The normalized spacial score (nSPS) is 22.4. The van der Waals surface area contributed by atoms with Gasteiger partial charge in [0.2, 0.25) is 0 Å². The van der Waals surface area contributed by atoms with Crippen molar-refractivity contribution in [1.29, 1.82) is 0 Å². The van der Waals surface area contributed by atoms with E-state index >= 15 is 0 Å². The lowest BCUT2D eigenvalue weighted by molar-refractivity contribution is 0.455. The van der Waals surface area contributed by atoms with E-state index in [9.17, 15) is 0 Å². The number of aryl methyl sites for hydroxylation is 1. The van der Waals surface area contributed by atoms with Gasteiger partial charge in [0.15, 0.2) is 0 Å². The highest BCUT2D eigenvalue weighted by atomic mass is 15.0. The van der Waals surface area contributed by atoms with E-state index in [1.54, 1.807) is 5.56 Å². The molecule has 20 heavy (non-hydrogen) atoms. The standard InChI is InChI=1S/C18H24N2/c1-11(2)12-3-7-17-15(9-12)16-10-14(19-13-4-5-13)6-8-18(16)20-17/h3,7,9,11,13-14,19-20H,4-6,8,10H2,1-2H3. The highest BCUT2D eigenvalue weighted by Crippen LogP contribution is 2.32. The van der Waals surface area contributed by atoms with Crippen LogP contribution in [0.15, 0.2) is 18.2 Å². The second-order valence-electron chi connectivity index (χ2n) is 6.92. The van der Waals surface area contributed by atoms with Crippen LogP contribution < -0.4 is 5.32 Å². The molecule has 2 aliphatic carbocycles. The van der Waals surface area contributed by atoms with Gasteiger partial charge in [-0.3, -0.25) is 0 Å². The summed E-state index contributed by atoms with van der Waals surface area (Å²) in [4.78, 5) is 3.64. The number of rotatable bonds is 3. The number of hydrogen-bond donors (Lipinski definition) is 2. The molecule has 1 unspecified atom stereocenters. The van der Waals surface area contributed by atoms with E-state index in [1.807, 2.05) is 0 Å². The molecule has 0 radical (unpaired) electrons. The van der Waals surface area contributed by atoms with Crippen LogP contribution in [-0.2, 0) is 12.8 Å². The molecule has 1 aromatic carbocycles. The van der Waals surface area contributed by atoms with Gasteiger partial charge in [-0.1, -0.05) is 19.9 Å². The average molecular weight is 268 g/mol. The third-order valence-electron chi connectivity index (χ3n) is 4.93. The number of aromatic amines is 1. The van der Waals surface area contributed by atoms with Crippen LogP contribution in [-0.4, -0.2) is 17.1 Å². The smallest absolute Gasteiger partial charge is 0.0459 e. The lowest BCUT2D eigenvalue weighted by Gasteiger charge is -2.23. The van der Waals surface area contributed by atoms with E-state index in [-0.39, 0.29) is 0 Å². The Balaban J connectivity index is 1.70. The molecule has 0 saturated heterocycles. The van der Waals surface area contributed by atoms with Crippen LogP contribution in [0.4, 0.5) is 0 Å². The molecule has 4 rings (SSSR count). The first-order chi connectivity index (χ1) is 9.70. The Morgan fingerprint density at radius 3 is 2.75 bits per heavy atom. The summed E-state index contributed by atoms with van der Waals surface area (Å²) in [6, 6.07) is 8.46. The van der Waals surface area contributed by atoms with Gasteiger partial charge in [-0.25, -0.2) is 0 Å². The monoisotopic (exact) mass is 268 g/mol. The number of nitrogens with one attached hydrogen (secondary N) is 2. The highest BCUT2D eigenvalue weighted by Gasteiger charge is 2.28. The maximum absolute atomic E-state index is 3.81. The van der Waals surface area contributed by atoms with Crippen molar-refractivity contribution in [3.05, 3.63) is 35.0 Å². The van der Waals surface area contributed by atoms with Crippen molar-refractivity contribution in [1.82, 2.24) is 10.3 Å². The highest BCUT2D eigenvalue weighted by molar-refractivity contribution is 5.85. The van der Waals surface area contributed by atoms with Crippen LogP contribution in [0, 0.1) is 0 Å². The van der Waals surface area contributed by atoms with Crippen LogP contribution in [0.3, 0.4) is 0 Å². The van der Waals surface area contributed by atoms with Crippen LogP contribution >= 0.6 is 0 Å². The third kappa shape index (κ3) is 2.16. The van der Waals surface area contributed by atoms with Crippen LogP contribution in [0.2, 0.25) is 0 Å². The molecular weight excluding hydrogens is 244 g/mol. The minimum atomic E-state index is 0.605. The number of fused-ring (bicyclic) bond motifs is 3. The first-order valence-corrected chi connectivity index (χ1v) is 8.10. The van der Waals surface area contributed by atoms with E-state index in [0.717, 1.165) is 6.04 Å². The zero-order valence-electron chi connectivity index (χ0n) is 12.5. The summed E-state index contributed by atoms with van der Waals surface area (Å²) in [6.07, 6.45) is 6.45. The molecular formula is C18H24N2. The van der Waals surface area contributed by atoms with Crippen molar-refractivity contribution in [3.8, 4) is 0 Å². The molecule has 2 heteroatoms. The molecule has 0 spiro atoms. The van der Waals surface area contributed by atoms with Gasteiger partial charge >= 0.3 is 0 Å². The first kappa shape index (κ1) is 12.5. The van der Waals surface area contributed by atoms with Gasteiger partial charge in [0.25, 0.3) is 0 Å². The lowest BCUT2D eigenvalue weighted by atomic mass is 9.90. The van der Waals surface area contributed by atoms with Gasteiger partial charge in [0.05, 0.1) is 0 Å². The van der Waals surface area contributed by atoms with Crippen molar-refractivity contribution in [2.45, 2.75) is 64.0 Å². The van der Waals surface area contributed by atoms with Crippen LogP contribution in [0.1, 0.15) is 55.8 Å². The molecule has 0 aliphatic heterocycles. The SMILES string of the molecule is CC(C)c1ccc2[nH]c3c(c2c1)CC(NC1CC1)CC3. The number of benzene rings is 1. The van der Waals surface area contributed by atoms with E-state index in [4.69, 9.17) is 0 Å². The molecule has 0 amide bonds. The molecule has 2 aromatic rings. The Hall–Kier alpha value is -1.28. The molecule has 0 bridgehead atoms. The summed E-state index contributed by atoms with van der Waals surface area (Å²) in [6.45, 7) is 4.55. The molecule has 2 N–H and O–H groups in total. The zero-order valence-corrected chi connectivity index (χ0v) is 12.5. The molecule has 2 nitrogen and oxygen atoms in total. The minimum Gasteiger partial charge on any atom is -0.358 e. The third-order valence-corrected chi connectivity index (χ3v) is 4.93. The summed E-state index contributed by atoms with van der Waals surface area (Å²) in [5.41, 5.74) is 5.84. The minimum absolute atomic E-state index is 0.605. The Morgan fingerprint density at radius 2 is 2.00 bits per heavy atom. The summed E-state index contributed by atoms with van der Waals surface area (Å²) >= 11 is 0. The van der Waals surface area contributed by atoms with Crippen LogP contribution in [0.5, 0.6) is 0 Å². The largest absolute Gasteiger partial charge is 0.358 e. The molecule has 1 heterocycles. The fourth-order valence-electron chi connectivity index (χ4n) is 3.52. The van der Waals surface area contributed by atoms with Crippen LogP contribution in [0.25, 0.3) is 10.9 Å². The molecule has 2 aliphatic rings.